The Balaban J connectivity index is 1.66. The number of methoxy groups -OCH3 is 1. The topological polar surface area (TPSA) is 67.9 Å². The fraction of sp³-hybridized carbons (Fsp3) is 0.364. The lowest BCUT2D eigenvalue weighted by Crippen LogP contribution is -2.23. The van der Waals surface area contributed by atoms with Crippen LogP contribution >= 0.6 is 0 Å². The molecular formula is C22H26N2O4. The minimum absolute atomic E-state index is 0.144. The Morgan fingerprint density at radius 2 is 1.93 bits per heavy atom. The van der Waals surface area contributed by atoms with Crippen LogP contribution in [-0.4, -0.2) is 32.1 Å². The third-order valence-electron chi connectivity index (χ3n) is 4.69. The van der Waals surface area contributed by atoms with E-state index in [2.05, 4.69) is 12.2 Å². The number of carbonyl (C=O) groups is 2. The van der Waals surface area contributed by atoms with E-state index in [1.165, 1.54) is 0 Å². The average Bonchev–Trinajstić information content (AvgIpc) is 3.14. The molecule has 6 nitrogen and oxygen atoms in total. The third kappa shape index (κ3) is 4.63. The Kier molecular flexibility index (Phi) is 6.53. The van der Waals surface area contributed by atoms with Gasteiger partial charge in [0.2, 0.25) is 5.91 Å². The summed E-state index contributed by atoms with van der Waals surface area (Å²) in [6, 6.07) is 12.5. The Labute approximate surface area is 165 Å². The first kappa shape index (κ1) is 19.7. The number of amides is 2. The first-order chi connectivity index (χ1) is 13.6. The molecule has 0 atom stereocenters. The first-order valence-corrected chi connectivity index (χ1v) is 9.65. The Bertz CT molecular complexity index is 833. The van der Waals surface area contributed by atoms with Crippen molar-refractivity contribution in [2.45, 2.75) is 32.6 Å². The number of hydrogen-bond donors (Lipinski definition) is 1. The van der Waals surface area contributed by atoms with E-state index < -0.39 is 0 Å². The molecule has 148 valence electrons. The molecule has 1 fully saturated rings. The molecule has 0 aliphatic carbocycles. The predicted molar refractivity (Wildman–Crippen MR) is 109 cm³/mol. The fourth-order valence-corrected chi connectivity index (χ4v) is 3.10. The van der Waals surface area contributed by atoms with E-state index in [1.807, 2.05) is 12.1 Å². The van der Waals surface area contributed by atoms with Crippen molar-refractivity contribution < 1.29 is 19.1 Å². The summed E-state index contributed by atoms with van der Waals surface area (Å²) >= 11 is 0. The number of rotatable bonds is 8. The van der Waals surface area contributed by atoms with Crippen LogP contribution in [-0.2, 0) is 4.79 Å². The number of hydrogen-bond acceptors (Lipinski definition) is 4. The second-order valence-corrected chi connectivity index (χ2v) is 6.72. The van der Waals surface area contributed by atoms with Crippen LogP contribution in [0.3, 0.4) is 0 Å². The van der Waals surface area contributed by atoms with Gasteiger partial charge in [-0.25, -0.2) is 0 Å². The SMILES string of the molecule is CCCCOc1ccc(C(=O)Nc2ccc(N3CCCC3=O)cc2)cc1OC. The van der Waals surface area contributed by atoms with Crippen molar-refractivity contribution in [3.05, 3.63) is 48.0 Å². The normalized spacial score (nSPS) is 13.5. The zero-order valence-electron chi connectivity index (χ0n) is 16.4. The summed E-state index contributed by atoms with van der Waals surface area (Å²) in [5, 5.41) is 2.87. The maximum Gasteiger partial charge on any atom is 0.255 e. The molecule has 0 saturated carbocycles. The zero-order chi connectivity index (χ0) is 19.9. The molecule has 0 aromatic heterocycles. The number of ether oxygens (including phenoxy) is 2. The number of carbonyl (C=O) groups excluding carboxylic acids is 2. The Hall–Kier alpha value is -3.02. The van der Waals surface area contributed by atoms with Gasteiger partial charge in [-0.2, -0.15) is 0 Å². The molecule has 1 aliphatic heterocycles. The van der Waals surface area contributed by atoms with Crippen molar-refractivity contribution in [1.29, 1.82) is 0 Å². The van der Waals surface area contributed by atoms with Crippen molar-refractivity contribution in [2.75, 3.05) is 30.5 Å². The van der Waals surface area contributed by atoms with E-state index in [1.54, 1.807) is 42.3 Å². The van der Waals surface area contributed by atoms with Crippen molar-refractivity contribution in [2.24, 2.45) is 0 Å². The van der Waals surface area contributed by atoms with Crippen molar-refractivity contribution >= 4 is 23.2 Å². The number of anilines is 2. The first-order valence-electron chi connectivity index (χ1n) is 9.65. The summed E-state index contributed by atoms with van der Waals surface area (Å²) in [7, 11) is 1.56. The van der Waals surface area contributed by atoms with Crippen LogP contribution in [0.4, 0.5) is 11.4 Å². The van der Waals surface area contributed by atoms with Crippen LogP contribution < -0.4 is 19.7 Å². The largest absolute Gasteiger partial charge is 0.493 e. The van der Waals surface area contributed by atoms with E-state index in [-0.39, 0.29) is 11.8 Å². The van der Waals surface area contributed by atoms with E-state index >= 15 is 0 Å². The van der Waals surface area contributed by atoms with Gasteiger partial charge in [-0.1, -0.05) is 13.3 Å². The monoisotopic (exact) mass is 382 g/mol. The Morgan fingerprint density at radius 1 is 1.14 bits per heavy atom. The highest BCUT2D eigenvalue weighted by atomic mass is 16.5. The molecular weight excluding hydrogens is 356 g/mol. The van der Waals surface area contributed by atoms with E-state index in [9.17, 15) is 9.59 Å². The molecule has 2 aromatic carbocycles. The lowest BCUT2D eigenvalue weighted by Gasteiger charge is -2.16. The zero-order valence-corrected chi connectivity index (χ0v) is 16.4. The quantitative estimate of drug-likeness (QED) is 0.693. The maximum absolute atomic E-state index is 12.6. The van der Waals surface area contributed by atoms with Crippen LogP contribution in [0.5, 0.6) is 11.5 Å². The van der Waals surface area contributed by atoms with Gasteiger partial charge in [0.25, 0.3) is 5.91 Å². The van der Waals surface area contributed by atoms with Gasteiger partial charge < -0.3 is 19.7 Å². The lowest BCUT2D eigenvalue weighted by atomic mass is 10.1. The van der Waals surface area contributed by atoms with Gasteiger partial charge in [0.15, 0.2) is 11.5 Å². The standard InChI is InChI=1S/C22H26N2O4/c1-3-4-14-28-19-12-7-16(15-20(19)27-2)22(26)23-17-8-10-18(11-9-17)24-13-5-6-21(24)25/h7-12,15H,3-6,13-14H2,1-2H3,(H,23,26). The van der Waals surface area contributed by atoms with Gasteiger partial charge in [0.1, 0.15) is 0 Å². The van der Waals surface area contributed by atoms with Gasteiger partial charge in [-0.3, -0.25) is 9.59 Å². The smallest absolute Gasteiger partial charge is 0.255 e. The number of nitrogens with one attached hydrogen (secondary N) is 1. The van der Waals surface area contributed by atoms with Crippen LogP contribution in [0.1, 0.15) is 43.0 Å². The molecule has 0 radical (unpaired) electrons. The summed E-state index contributed by atoms with van der Waals surface area (Å²) in [4.78, 5) is 26.2. The molecule has 0 unspecified atom stereocenters. The van der Waals surface area contributed by atoms with Crippen LogP contribution in [0.15, 0.2) is 42.5 Å². The predicted octanol–water partition coefficient (Wildman–Crippen LogP) is 4.25. The fourth-order valence-electron chi connectivity index (χ4n) is 3.10. The molecule has 1 saturated heterocycles. The summed E-state index contributed by atoms with van der Waals surface area (Å²) in [5.74, 6) is 1.08. The van der Waals surface area contributed by atoms with Gasteiger partial charge in [-0.15, -0.1) is 0 Å². The minimum Gasteiger partial charge on any atom is -0.493 e. The highest BCUT2D eigenvalue weighted by Gasteiger charge is 2.21. The maximum atomic E-state index is 12.6. The number of unbranched alkanes of at least 4 members (excludes halogenated alkanes) is 1. The summed E-state index contributed by atoms with van der Waals surface area (Å²) in [5.41, 5.74) is 2.01. The molecule has 2 amide bonds. The average molecular weight is 382 g/mol. The summed E-state index contributed by atoms with van der Waals surface area (Å²) in [6.07, 6.45) is 3.49. The molecule has 2 aromatic rings. The van der Waals surface area contributed by atoms with E-state index in [4.69, 9.17) is 9.47 Å². The highest BCUT2D eigenvalue weighted by molar-refractivity contribution is 6.05. The van der Waals surface area contributed by atoms with E-state index in [0.29, 0.717) is 35.8 Å². The molecule has 1 N–H and O–H groups in total. The summed E-state index contributed by atoms with van der Waals surface area (Å²) in [6.45, 7) is 3.46. The number of benzene rings is 2. The second kappa shape index (κ2) is 9.26. The van der Waals surface area contributed by atoms with Gasteiger partial charge in [-0.05, 0) is 55.3 Å². The highest BCUT2D eigenvalue weighted by Crippen LogP contribution is 2.29. The molecule has 3 rings (SSSR count). The van der Waals surface area contributed by atoms with Crippen molar-refractivity contribution in [1.82, 2.24) is 0 Å². The Morgan fingerprint density at radius 3 is 2.57 bits per heavy atom. The van der Waals surface area contributed by atoms with Gasteiger partial charge in [0.05, 0.1) is 13.7 Å². The summed E-state index contributed by atoms with van der Waals surface area (Å²) < 4.78 is 11.1. The number of nitrogens with zero attached hydrogens (tertiary/aromatic N) is 1. The lowest BCUT2D eigenvalue weighted by molar-refractivity contribution is -0.117. The second-order valence-electron chi connectivity index (χ2n) is 6.72. The molecule has 6 heteroatoms. The van der Waals surface area contributed by atoms with Crippen molar-refractivity contribution in [3.8, 4) is 11.5 Å². The van der Waals surface area contributed by atoms with Crippen LogP contribution in [0, 0.1) is 0 Å². The van der Waals surface area contributed by atoms with Crippen LogP contribution in [0.25, 0.3) is 0 Å². The molecule has 0 bridgehead atoms. The van der Waals surface area contributed by atoms with Gasteiger partial charge in [0, 0.05) is 29.9 Å². The van der Waals surface area contributed by atoms with Crippen LogP contribution in [0.2, 0.25) is 0 Å². The molecule has 0 spiro atoms. The van der Waals surface area contributed by atoms with Crippen molar-refractivity contribution in [3.63, 3.8) is 0 Å². The molecule has 1 aliphatic rings. The minimum atomic E-state index is -0.233. The van der Waals surface area contributed by atoms with Gasteiger partial charge >= 0.3 is 0 Å². The molecule has 1 heterocycles. The molecule has 28 heavy (non-hydrogen) atoms. The third-order valence-corrected chi connectivity index (χ3v) is 4.69. The van der Waals surface area contributed by atoms with E-state index in [0.717, 1.165) is 31.5 Å².